The second-order valence-electron chi connectivity index (χ2n) is 18.8. The lowest BCUT2D eigenvalue weighted by Gasteiger charge is -2.34. The summed E-state index contributed by atoms with van der Waals surface area (Å²) in [5, 5.41) is 53.3. The molecule has 66 heavy (non-hydrogen) atoms. The van der Waals surface area contributed by atoms with E-state index in [0.29, 0.717) is 58.5 Å². The van der Waals surface area contributed by atoms with Crippen LogP contribution < -0.4 is 29.9 Å². The van der Waals surface area contributed by atoms with Crippen molar-refractivity contribution in [1.29, 1.82) is 0 Å². The summed E-state index contributed by atoms with van der Waals surface area (Å²) in [5.41, 5.74) is 7.41. The Morgan fingerprint density at radius 2 is 1.03 bits per heavy atom. The highest BCUT2D eigenvalue weighted by molar-refractivity contribution is 6.10. The Hall–Kier alpha value is -6.34. The van der Waals surface area contributed by atoms with Crippen molar-refractivity contribution in [1.82, 2.24) is 29.2 Å². The molecule has 0 unspecified atom stereocenters. The van der Waals surface area contributed by atoms with Crippen LogP contribution in [-0.2, 0) is 12.8 Å². The van der Waals surface area contributed by atoms with Crippen molar-refractivity contribution in [2.75, 3.05) is 73.0 Å². The molecular weight excluding hydrogens is 845 g/mol. The molecule has 2 atom stereocenters. The molecule has 4 aromatic heterocycles. The fraction of sp³-hybridized carbons (Fsp3) is 0.458. The lowest BCUT2D eigenvalue weighted by molar-refractivity contribution is 0.0446. The maximum Gasteiger partial charge on any atom is 0.261 e. The van der Waals surface area contributed by atoms with Crippen LogP contribution >= 0.6 is 0 Å². The molecule has 0 radical (unpaired) electrons. The number of aliphatic hydroxyl groups is 4. The Labute approximate surface area is 382 Å². The summed E-state index contributed by atoms with van der Waals surface area (Å²) in [6.45, 7) is 10.9. The Kier molecular flexibility index (Phi) is 12.3. The fourth-order valence-electron chi connectivity index (χ4n) is 9.35. The zero-order chi connectivity index (χ0) is 46.3. The van der Waals surface area contributed by atoms with Gasteiger partial charge in [-0.3, -0.25) is 9.59 Å². The van der Waals surface area contributed by atoms with Gasteiger partial charge < -0.3 is 50.3 Å². The summed E-state index contributed by atoms with van der Waals surface area (Å²) < 4.78 is 15.3. The van der Waals surface area contributed by atoms with Gasteiger partial charge in [0, 0.05) is 100 Å². The third-order valence-electron chi connectivity index (χ3n) is 13.3. The van der Waals surface area contributed by atoms with Crippen molar-refractivity contribution in [2.45, 2.75) is 77.4 Å². The highest BCUT2D eigenvalue weighted by Gasteiger charge is 2.38. The number of carbonyl (C=O) groups excluding carboxylic acids is 2. The molecule has 0 aliphatic carbocycles. The number of aliphatic hydroxyl groups excluding tert-OH is 4. The Bertz CT molecular complexity index is 2590. The second kappa shape index (κ2) is 18.1. The first-order valence-corrected chi connectivity index (χ1v) is 22.7. The van der Waals surface area contributed by atoms with Gasteiger partial charge in [0.15, 0.2) is 11.3 Å². The number of carbonyl (C=O) groups is 2. The summed E-state index contributed by atoms with van der Waals surface area (Å²) in [6, 6.07) is 7.82. The van der Waals surface area contributed by atoms with Gasteiger partial charge in [-0.1, -0.05) is 0 Å². The SMILES string of the molecule is Cc1cnc2c(C(=O)Nc3cc4c(cc3N3CCC(CO)CC3)O[C@@](C)(CO)C4)cnn2c1.Cc1cnc2c(C(=O)Nc3cc4c(cc3N3CCC(CO)CC3)O[C@](C)(CO)C4)cnn2c1. The topological polar surface area (TPSA) is 224 Å². The van der Waals surface area contributed by atoms with Gasteiger partial charge in [-0.15, -0.1) is 0 Å². The van der Waals surface area contributed by atoms with Gasteiger partial charge in [-0.25, -0.2) is 19.0 Å². The van der Waals surface area contributed by atoms with Gasteiger partial charge in [0.1, 0.15) is 33.8 Å². The number of nitrogens with zero attached hydrogens (tertiary/aromatic N) is 8. The maximum atomic E-state index is 13.3. The van der Waals surface area contributed by atoms with Gasteiger partial charge in [0.2, 0.25) is 0 Å². The molecule has 4 aliphatic rings. The van der Waals surface area contributed by atoms with E-state index in [1.807, 2.05) is 64.4 Å². The number of ether oxygens (including phenoxy) is 2. The summed E-state index contributed by atoms with van der Waals surface area (Å²) >= 11 is 0. The molecule has 6 aromatic rings. The molecule has 0 saturated carbocycles. The zero-order valence-corrected chi connectivity index (χ0v) is 37.8. The van der Waals surface area contributed by atoms with Gasteiger partial charge in [0.25, 0.3) is 11.8 Å². The standard InChI is InChI=1S/2C24H29N5O4/c2*1-15-10-25-22-18(11-26-29(22)12-15)23(32)27-19-7-17-9-24(2,14-31)33-21(17)8-20(19)28-5-3-16(13-30)4-6-28/h2*7-8,10-12,16,30-31H,3-6,9,13-14H2,1-2H3,(H,27,32)/t2*24-/m10/s1. The summed E-state index contributed by atoms with van der Waals surface area (Å²) in [4.78, 5) is 39.7. The van der Waals surface area contributed by atoms with Crippen molar-refractivity contribution in [3.63, 3.8) is 0 Å². The highest BCUT2D eigenvalue weighted by atomic mass is 16.5. The first-order valence-electron chi connectivity index (χ1n) is 22.7. The maximum absolute atomic E-state index is 13.3. The number of fused-ring (bicyclic) bond motifs is 4. The molecule has 2 saturated heterocycles. The number of benzene rings is 2. The number of hydrogen-bond acceptors (Lipinski definition) is 14. The van der Waals surface area contributed by atoms with E-state index in [4.69, 9.17) is 9.47 Å². The van der Waals surface area contributed by atoms with E-state index in [0.717, 1.165) is 97.0 Å². The fourth-order valence-corrected chi connectivity index (χ4v) is 9.35. The Morgan fingerprint density at radius 3 is 1.39 bits per heavy atom. The van der Waals surface area contributed by atoms with Crippen LogP contribution in [0.5, 0.6) is 11.5 Å². The van der Waals surface area contributed by atoms with Crippen molar-refractivity contribution in [3.8, 4) is 11.5 Å². The van der Waals surface area contributed by atoms with Gasteiger partial charge in [0.05, 0.1) is 48.4 Å². The van der Waals surface area contributed by atoms with Crippen LogP contribution in [0.3, 0.4) is 0 Å². The number of amides is 2. The average molecular weight is 903 g/mol. The van der Waals surface area contributed by atoms with E-state index in [2.05, 4.69) is 40.6 Å². The van der Waals surface area contributed by atoms with Gasteiger partial charge in [-0.05, 0) is 88.5 Å². The summed E-state index contributed by atoms with van der Waals surface area (Å²) in [7, 11) is 0. The molecule has 2 amide bonds. The van der Waals surface area contributed by atoms with Gasteiger partial charge in [-0.2, -0.15) is 10.2 Å². The predicted molar refractivity (Wildman–Crippen MR) is 248 cm³/mol. The third kappa shape index (κ3) is 8.97. The quantitative estimate of drug-likeness (QED) is 0.112. The highest BCUT2D eigenvalue weighted by Crippen LogP contribution is 2.44. The van der Waals surface area contributed by atoms with Crippen LogP contribution in [0, 0.1) is 25.7 Å². The smallest absolute Gasteiger partial charge is 0.261 e. The van der Waals surface area contributed by atoms with Crippen molar-refractivity contribution >= 4 is 45.9 Å². The zero-order valence-electron chi connectivity index (χ0n) is 37.8. The van der Waals surface area contributed by atoms with Crippen LogP contribution in [0.2, 0.25) is 0 Å². The lowest BCUT2D eigenvalue weighted by atomic mass is 9.96. The van der Waals surface area contributed by atoms with E-state index < -0.39 is 11.2 Å². The van der Waals surface area contributed by atoms with Crippen LogP contribution in [0.15, 0.2) is 61.4 Å². The largest absolute Gasteiger partial charge is 0.484 e. The van der Waals surface area contributed by atoms with E-state index >= 15 is 0 Å². The minimum atomic E-state index is -0.670. The molecule has 10 rings (SSSR count). The molecule has 4 aliphatic heterocycles. The number of piperidine rings is 2. The predicted octanol–water partition coefficient (Wildman–Crippen LogP) is 4.37. The Morgan fingerprint density at radius 1 is 0.636 bits per heavy atom. The van der Waals surface area contributed by atoms with Crippen molar-refractivity contribution in [3.05, 3.63) is 94.8 Å². The van der Waals surface area contributed by atoms with Crippen LogP contribution in [0.25, 0.3) is 11.3 Å². The van der Waals surface area contributed by atoms with E-state index in [9.17, 15) is 30.0 Å². The molecule has 0 spiro atoms. The average Bonchev–Trinajstić information content (AvgIpc) is 4.10. The number of nitrogens with one attached hydrogen (secondary N) is 2. The molecule has 348 valence electrons. The van der Waals surface area contributed by atoms with E-state index in [1.165, 1.54) is 12.4 Å². The molecule has 6 N–H and O–H groups in total. The van der Waals surface area contributed by atoms with Crippen LogP contribution in [0.4, 0.5) is 22.7 Å². The molecule has 18 heteroatoms. The van der Waals surface area contributed by atoms with E-state index in [-0.39, 0.29) is 38.2 Å². The summed E-state index contributed by atoms with van der Waals surface area (Å²) in [6.07, 6.45) is 14.8. The summed E-state index contributed by atoms with van der Waals surface area (Å²) in [5.74, 6) is 1.51. The van der Waals surface area contributed by atoms with Crippen LogP contribution in [0.1, 0.15) is 82.5 Å². The van der Waals surface area contributed by atoms with Gasteiger partial charge >= 0.3 is 0 Å². The minimum absolute atomic E-state index is 0.0892. The number of anilines is 4. The Balaban J connectivity index is 0.000000166. The number of aryl methyl sites for hydroxylation is 2. The first-order chi connectivity index (χ1) is 31.8. The third-order valence-corrected chi connectivity index (χ3v) is 13.3. The molecule has 2 aromatic carbocycles. The molecule has 0 bridgehead atoms. The lowest BCUT2D eigenvalue weighted by Crippen LogP contribution is -2.35. The monoisotopic (exact) mass is 902 g/mol. The molecule has 18 nitrogen and oxygen atoms in total. The molecular formula is C48H58N10O8. The number of aromatic nitrogens is 6. The van der Waals surface area contributed by atoms with Crippen molar-refractivity contribution < 1.29 is 39.5 Å². The number of hydrogen-bond donors (Lipinski definition) is 6. The molecule has 8 heterocycles. The first kappa shape index (κ1) is 44.8. The number of rotatable bonds is 10. The second-order valence-corrected chi connectivity index (χ2v) is 18.8. The minimum Gasteiger partial charge on any atom is -0.484 e. The van der Waals surface area contributed by atoms with Crippen molar-refractivity contribution in [2.24, 2.45) is 11.8 Å². The van der Waals surface area contributed by atoms with Crippen LogP contribution in [-0.4, -0.2) is 125 Å². The van der Waals surface area contributed by atoms with E-state index in [1.54, 1.807) is 21.4 Å². The molecule has 2 fully saturated rings. The normalized spacial score (nSPS) is 20.7.